The zero-order valence-corrected chi connectivity index (χ0v) is 13.4. The van der Waals surface area contributed by atoms with E-state index in [4.69, 9.17) is 10.00 Å². The van der Waals surface area contributed by atoms with Crippen LogP contribution >= 0.6 is 15.9 Å². The first kappa shape index (κ1) is 15.3. The fourth-order valence-electron chi connectivity index (χ4n) is 2.06. The number of hydrogen-bond acceptors (Lipinski definition) is 3. The molecule has 0 aliphatic carbocycles. The Morgan fingerprint density at radius 2 is 2.00 bits per heavy atom. The Morgan fingerprint density at radius 1 is 1.24 bits per heavy atom. The van der Waals surface area contributed by atoms with Crippen LogP contribution in [-0.4, -0.2) is 12.4 Å². The monoisotopic (exact) mass is 343 g/mol. The fraction of sp³-hybridized carbons (Fsp3) is 0.176. The number of ketones is 1. The highest BCUT2D eigenvalue weighted by molar-refractivity contribution is 9.10. The SMILES string of the molecule is Cc1ccc(C(=O)COc2ccc(Br)cc2C#N)c(C)c1. The van der Waals surface area contributed by atoms with Gasteiger partial charge in [0.1, 0.15) is 11.8 Å². The van der Waals surface area contributed by atoms with Crippen molar-refractivity contribution in [3.63, 3.8) is 0 Å². The summed E-state index contributed by atoms with van der Waals surface area (Å²) < 4.78 is 6.29. The van der Waals surface area contributed by atoms with E-state index in [1.807, 2.05) is 32.0 Å². The van der Waals surface area contributed by atoms with Crippen molar-refractivity contribution >= 4 is 21.7 Å². The lowest BCUT2D eigenvalue weighted by molar-refractivity contribution is 0.0920. The number of carbonyl (C=O) groups excluding carboxylic acids is 1. The molecule has 2 aromatic carbocycles. The molecule has 0 radical (unpaired) electrons. The van der Waals surface area contributed by atoms with Gasteiger partial charge in [0, 0.05) is 10.0 Å². The topological polar surface area (TPSA) is 50.1 Å². The summed E-state index contributed by atoms with van der Waals surface area (Å²) in [5, 5.41) is 9.06. The van der Waals surface area contributed by atoms with E-state index in [2.05, 4.69) is 22.0 Å². The summed E-state index contributed by atoms with van der Waals surface area (Å²) in [6.45, 7) is 3.81. The number of Topliss-reactive ketones (excluding diaryl/α,β-unsaturated/α-hetero) is 1. The van der Waals surface area contributed by atoms with Gasteiger partial charge in [-0.25, -0.2) is 0 Å². The summed E-state index contributed by atoms with van der Waals surface area (Å²) in [5.74, 6) is 0.318. The predicted octanol–water partition coefficient (Wildman–Crippen LogP) is 4.20. The second-order valence-corrected chi connectivity index (χ2v) is 5.70. The number of nitriles is 1. The number of aryl methyl sites for hydroxylation is 2. The molecule has 0 bridgehead atoms. The van der Waals surface area contributed by atoms with E-state index in [1.165, 1.54) is 0 Å². The van der Waals surface area contributed by atoms with Crippen molar-refractivity contribution < 1.29 is 9.53 Å². The van der Waals surface area contributed by atoms with Gasteiger partial charge in [0.15, 0.2) is 12.4 Å². The molecule has 0 aliphatic rings. The van der Waals surface area contributed by atoms with Gasteiger partial charge in [0.05, 0.1) is 5.56 Å². The molecule has 2 rings (SSSR count). The molecule has 0 unspecified atom stereocenters. The molecule has 106 valence electrons. The van der Waals surface area contributed by atoms with Gasteiger partial charge in [0.25, 0.3) is 0 Å². The van der Waals surface area contributed by atoms with Crippen molar-refractivity contribution in [1.82, 2.24) is 0 Å². The third-order valence-electron chi connectivity index (χ3n) is 3.10. The average Bonchev–Trinajstić information content (AvgIpc) is 2.45. The first-order valence-corrected chi connectivity index (χ1v) is 7.23. The molecular weight excluding hydrogens is 330 g/mol. The maximum atomic E-state index is 12.2. The normalized spacial score (nSPS) is 10.0. The number of benzene rings is 2. The molecule has 0 amide bonds. The summed E-state index contributed by atoms with van der Waals surface area (Å²) in [5.41, 5.74) is 3.10. The summed E-state index contributed by atoms with van der Waals surface area (Å²) in [4.78, 5) is 12.2. The van der Waals surface area contributed by atoms with E-state index in [-0.39, 0.29) is 12.4 Å². The van der Waals surface area contributed by atoms with Gasteiger partial charge in [0.2, 0.25) is 0 Å². The average molecular weight is 344 g/mol. The van der Waals surface area contributed by atoms with Gasteiger partial charge in [-0.15, -0.1) is 0 Å². The zero-order valence-electron chi connectivity index (χ0n) is 11.8. The summed E-state index contributed by atoms with van der Waals surface area (Å²) in [6.07, 6.45) is 0. The number of hydrogen-bond donors (Lipinski definition) is 0. The van der Waals surface area contributed by atoms with Crippen LogP contribution in [0, 0.1) is 25.2 Å². The maximum absolute atomic E-state index is 12.2. The van der Waals surface area contributed by atoms with E-state index in [0.717, 1.165) is 15.6 Å². The molecule has 0 spiro atoms. The van der Waals surface area contributed by atoms with Crippen LogP contribution in [0.15, 0.2) is 40.9 Å². The summed E-state index contributed by atoms with van der Waals surface area (Å²) in [7, 11) is 0. The Kier molecular flexibility index (Phi) is 4.77. The van der Waals surface area contributed by atoms with Crippen LogP contribution in [0.2, 0.25) is 0 Å². The molecule has 0 N–H and O–H groups in total. The molecule has 0 saturated carbocycles. The lowest BCUT2D eigenvalue weighted by Gasteiger charge is -2.09. The summed E-state index contributed by atoms with van der Waals surface area (Å²) in [6, 6.07) is 12.8. The van der Waals surface area contributed by atoms with Gasteiger partial charge >= 0.3 is 0 Å². The highest BCUT2D eigenvalue weighted by Gasteiger charge is 2.11. The minimum absolute atomic E-state index is 0.0831. The van der Waals surface area contributed by atoms with Crippen LogP contribution < -0.4 is 4.74 Å². The molecule has 0 fully saturated rings. The first-order chi connectivity index (χ1) is 10.0. The first-order valence-electron chi connectivity index (χ1n) is 6.44. The molecule has 0 saturated heterocycles. The van der Waals surface area contributed by atoms with Crippen LogP contribution in [0.1, 0.15) is 27.0 Å². The van der Waals surface area contributed by atoms with E-state index < -0.39 is 0 Å². The number of nitrogens with zero attached hydrogens (tertiary/aromatic N) is 1. The standard InChI is InChI=1S/C17H14BrNO2/c1-11-3-5-15(12(2)7-11)16(20)10-21-17-6-4-14(18)8-13(17)9-19/h3-8H,10H2,1-2H3. The zero-order chi connectivity index (χ0) is 15.4. The number of rotatable bonds is 4. The quantitative estimate of drug-likeness (QED) is 0.781. The van der Waals surface area contributed by atoms with Crippen LogP contribution in [-0.2, 0) is 0 Å². The Labute approximate surface area is 132 Å². The van der Waals surface area contributed by atoms with E-state index in [9.17, 15) is 4.79 Å². The molecule has 4 heteroatoms. The highest BCUT2D eigenvalue weighted by atomic mass is 79.9. The van der Waals surface area contributed by atoms with E-state index in [0.29, 0.717) is 16.9 Å². The molecule has 0 aromatic heterocycles. The van der Waals surface area contributed by atoms with Crippen molar-refractivity contribution in [3.05, 3.63) is 63.1 Å². The Hall–Kier alpha value is -2.12. The lowest BCUT2D eigenvalue weighted by atomic mass is 10.0. The Morgan fingerprint density at radius 3 is 2.67 bits per heavy atom. The third kappa shape index (κ3) is 3.71. The van der Waals surface area contributed by atoms with Crippen molar-refractivity contribution in [3.8, 4) is 11.8 Å². The number of ether oxygens (including phenoxy) is 1. The van der Waals surface area contributed by atoms with Gasteiger partial charge in [-0.05, 0) is 37.6 Å². The van der Waals surface area contributed by atoms with Crippen molar-refractivity contribution in [2.75, 3.05) is 6.61 Å². The maximum Gasteiger partial charge on any atom is 0.200 e. The van der Waals surface area contributed by atoms with Gasteiger partial charge < -0.3 is 4.74 Å². The Bertz CT molecular complexity index is 732. The minimum atomic E-state index is -0.0979. The van der Waals surface area contributed by atoms with E-state index >= 15 is 0 Å². The third-order valence-corrected chi connectivity index (χ3v) is 3.60. The number of halogens is 1. The van der Waals surface area contributed by atoms with Crippen molar-refractivity contribution in [2.24, 2.45) is 0 Å². The molecule has 3 nitrogen and oxygen atoms in total. The van der Waals surface area contributed by atoms with Crippen LogP contribution in [0.4, 0.5) is 0 Å². The van der Waals surface area contributed by atoms with Crippen LogP contribution in [0.25, 0.3) is 0 Å². The fourth-order valence-corrected chi connectivity index (χ4v) is 2.42. The molecular formula is C17H14BrNO2. The smallest absolute Gasteiger partial charge is 0.200 e. The minimum Gasteiger partial charge on any atom is -0.484 e. The largest absolute Gasteiger partial charge is 0.484 e. The molecule has 2 aromatic rings. The second-order valence-electron chi connectivity index (χ2n) is 4.78. The van der Waals surface area contributed by atoms with E-state index in [1.54, 1.807) is 18.2 Å². The van der Waals surface area contributed by atoms with Gasteiger partial charge in [-0.1, -0.05) is 39.7 Å². The molecule has 0 atom stereocenters. The van der Waals surface area contributed by atoms with Crippen molar-refractivity contribution in [2.45, 2.75) is 13.8 Å². The molecule has 21 heavy (non-hydrogen) atoms. The predicted molar refractivity (Wildman–Crippen MR) is 84.6 cm³/mol. The Balaban J connectivity index is 2.13. The molecule has 0 heterocycles. The van der Waals surface area contributed by atoms with Crippen molar-refractivity contribution in [1.29, 1.82) is 5.26 Å². The molecule has 0 aliphatic heterocycles. The van der Waals surface area contributed by atoms with Gasteiger partial charge in [-0.2, -0.15) is 5.26 Å². The van der Waals surface area contributed by atoms with Crippen LogP contribution in [0.5, 0.6) is 5.75 Å². The second kappa shape index (κ2) is 6.55. The van der Waals surface area contributed by atoms with Crippen LogP contribution in [0.3, 0.4) is 0 Å². The number of carbonyl (C=O) groups is 1. The highest BCUT2D eigenvalue weighted by Crippen LogP contribution is 2.22. The lowest BCUT2D eigenvalue weighted by Crippen LogP contribution is -2.13. The van der Waals surface area contributed by atoms with Gasteiger partial charge in [-0.3, -0.25) is 4.79 Å². The summed E-state index contributed by atoms with van der Waals surface area (Å²) >= 11 is 3.30.